The topological polar surface area (TPSA) is 109 Å². The van der Waals surface area contributed by atoms with E-state index in [1.807, 2.05) is 67.6 Å². The number of amidine groups is 1. The van der Waals surface area contributed by atoms with Gasteiger partial charge in [-0.3, -0.25) is 15.0 Å². The second-order valence-electron chi connectivity index (χ2n) is 11.1. The standard InChI is InChI=1S/C35H34N4O4/c1-22(8-9-23-6-4-3-5-7-23)43-32-18-28(14-15-31(32)42-2)39-21-27-11-10-24(16-29(27)35(39)41)19-38-20-26-13-12-25(33(36)37)17-30(26)34(38)40/h3-7,10-18,22H,8-9,19-21H2,1-2H3,(H3,36,37). The summed E-state index contributed by atoms with van der Waals surface area (Å²) in [6.07, 6.45) is 1.70. The maximum Gasteiger partial charge on any atom is 0.258 e. The van der Waals surface area contributed by atoms with Crippen molar-refractivity contribution in [3.05, 3.63) is 124 Å². The number of rotatable bonds is 10. The van der Waals surface area contributed by atoms with Crippen molar-refractivity contribution in [2.24, 2.45) is 5.73 Å². The van der Waals surface area contributed by atoms with Crippen molar-refractivity contribution in [1.82, 2.24) is 4.90 Å². The van der Waals surface area contributed by atoms with E-state index in [0.29, 0.717) is 47.8 Å². The van der Waals surface area contributed by atoms with E-state index in [4.69, 9.17) is 20.6 Å². The molecule has 1 unspecified atom stereocenters. The molecular weight excluding hydrogens is 540 g/mol. The van der Waals surface area contributed by atoms with Crippen LogP contribution in [0, 0.1) is 5.41 Å². The Morgan fingerprint density at radius 3 is 2.37 bits per heavy atom. The van der Waals surface area contributed by atoms with Gasteiger partial charge in [-0.25, -0.2) is 0 Å². The van der Waals surface area contributed by atoms with Crippen molar-refractivity contribution < 1.29 is 19.1 Å². The van der Waals surface area contributed by atoms with E-state index in [1.54, 1.807) is 29.0 Å². The predicted molar refractivity (Wildman–Crippen MR) is 166 cm³/mol. The fourth-order valence-electron chi connectivity index (χ4n) is 5.75. The van der Waals surface area contributed by atoms with Crippen LogP contribution in [-0.2, 0) is 26.1 Å². The number of nitrogens with two attached hydrogens (primary N) is 1. The third kappa shape index (κ3) is 5.68. The number of anilines is 1. The Balaban J connectivity index is 1.15. The van der Waals surface area contributed by atoms with Crippen LogP contribution in [0.4, 0.5) is 5.69 Å². The summed E-state index contributed by atoms with van der Waals surface area (Å²) in [4.78, 5) is 30.2. The van der Waals surface area contributed by atoms with E-state index in [2.05, 4.69) is 12.1 Å². The first-order chi connectivity index (χ1) is 20.8. The molecule has 4 aromatic rings. The highest BCUT2D eigenvalue weighted by atomic mass is 16.5. The molecule has 6 rings (SSSR count). The molecule has 0 saturated heterocycles. The zero-order valence-electron chi connectivity index (χ0n) is 24.3. The zero-order chi connectivity index (χ0) is 30.1. The van der Waals surface area contributed by atoms with Crippen molar-refractivity contribution in [2.45, 2.75) is 45.5 Å². The number of fused-ring (bicyclic) bond motifs is 2. The molecule has 8 heteroatoms. The number of nitrogens with zero attached hydrogens (tertiary/aromatic N) is 2. The van der Waals surface area contributed by atoms with Gasteiger partial charge in [0.1, 0.15) is 5.84 Å². The second-order valence-corrected chi connectivity index (χ2v) is 11.1. The molecule has 0 spiro atoms. The van der Waals surface area contributed by atoms with Gasteiger partial charge in [-0.1, -0.05) is 54.6 Å². The number of amides is 2. The van der Waals surface area contributed by atoms with Gasteiger partial charge < -0.3 is 25.0 Å². The lowest BCUT2D eigenvalue weighted by Crippen LogP contribution is -2.24. The largest absolute Gasteiger partial charge is 0.493 e. The number of hydrogen-bond donors (Lipinski definition) is 2. The number of methoxy groups -OCH3 is 1. The molecule has 0 radical (unpaired) electrons. The SMILES string of the molecule is COc1ccc(N2Cc3ccc(CN4Cc5ccc(C(=N)N)cc5C4=O)cc3C2=O)cc1OC(C)CCc1ccccc1. The summed E-state index contributed by atoms with van der Waals surface area (Å²) >= 11 is 0. The van der Waals surface area contributed by atoms with Crippen molar-refractivity contribution in [2.75, 3.05) is 12.0 Å². The molecule has 2 aliphatic heterocycles. The highest BCUT2D eigenvalue weighted by molar-refractivity contribution is 6.10. The minimum atomic E-state index is -0.102. The number of ether oxygens (including phenoxy) is 2. The Morgan fingerprint density at radius 1 is 0.860 bits per heavy atom. The minimum absolute atomic E-state index is 0.0492. The highest BCUT2D eigenvalue weighted by Gasteiger charge is 2.31. The summed E-state index contributed by atoms with van der Waals surface area (Å²) in [5, 5.41) is 7.67. The molecule has 0 saturated carbocycles. The van der Waals surface area contributed by atoms with Gasteiger partial charge in [0.05, 0.1) is 19.8 Å². The van der Waals surface area contributed by atoms with Gasteiger partial charge >= 0.3 is 0 Å². The Labute approximate surface area is 251 Å². The Bertz CT molecular complexity index is 1720. The lowest BCUT2D eigenvalue weighted by Gasteiger charge is -2.21. The monoisotopic (exact) mass is 574 g/mol. The Kier molecular flexibility index (Phi) is 7.59. The first-order valence-corrected chi connectivity index (χ1v) is 14.4. The summed E-state index contributed by atoms with van der Waals surface area (Å²) in [5.74, 6) is 0.963. The second kappa shape index (κ2) is 11.6. The number of carbonyl (C=O) groups excluding carboxylic acids is 2. The van der Waals surface area contributed by atoms with Crippen LogP contribution in [0.15, 0.2) is 84.9 Å². The summed E-state index contributed by atoms with van der Waals surface area (Å²) < 4.78 is 11.9. The van der Waals surface area contributed by atoms with E-state index in [-0.39, 0.29) is 23.8 Å². The molecule has 1 atom stereocenters. The first kappa shape index (κ1) is 28.0. The molecule has 2 amide bonds. The third-order valence-corrected chi connectivity index (χ3v) is 8.12. The maximum absolute atomic E-state index is 13.6. The average molecular weight is 575 g/mol. The van der Waals surface area contributed by atoms with Gasteiger partial charge in [-0.2, -0.15) is 0 Å². The molecule has 0 aromatic heterocycles. The fraction of sp³-hybridized carbons (Fsp3) is 0.229. The number of nitrogen functional groups attached to an aromatic ring is 1. The molecule has 0 aliphatic carbocycles. The van der Waals surface area contributed by atoms with E-state index >= 15 is 0 Å². The van der Waals surface area contributed by atoms with Crippen LogP contribution >= 0.6 is 0 Å². The molecule has 218 valence electrons. The summed E-state index contributed by atoms with van der Waals surface area (Å²) in [6, 6.07) is 27.0. The van der Waals surface area contributed by atoms with Crippen molar-refractivity contribution >= 4 is 23.3 Å². The molecular formula is C35H34N4O4. The van der Waals surface area contributed by atoms with Crippen LogP contribution in [0.2, 0.25) is 0 Å². The molecule has 0 bridgehead atoms. The molecule has 8 nitrogen and oxygen atoms in total. The van der Waals surface area contributed by atoms with Gasteiger partial charge in [0.2, 0.25) is 0 Å². The minimum Gasteiger partial charge on any atom is -0.493 e. The number of benzene rings is 4. The normalized spacial score (nSPS) is 14.5. The van der Waals surface area contributed by atoms with Gasteiger partial charge in [-0.05, 0) is 66.3 Å². The molecule has 2 aliphatic rings. The lowest BCUT2D eigenvalue weighted by molar-refractivity contribution is 0.0766. The van der Waals surface area contributed by atoms with Crippen LogP contribution < -0.4 is 20.1 Å². The Hall–Kier alpha value is -5.11. The van der Waals surface area contributed by atoms with Gasteiger partial charge in [0.15, 0.2) is 11.5 Å². The van der Waals surface area contributed by atoms with E-state index < -0.39 is 0 Å². The van der Waals surface area contributed by atoms with Crippen LogP contribution in [-0.4, -0.2) is 35.8 Å². The van der Waals surface area contributed by atoms with Gasteiger partial charge in [0, 0.05) is 41.5 Å². The number of hydrogen-bond acceptors (Lipinski definition) is 5. The van der Waals surface area contributed by atoms with E-state index in [9.17, 15) is 9.59 Å². The predicted octanol–water partition coefficient (Wildman–Crippen LogP) is 5.70. The van der Waals surface area contributed by atoms with Crippen LogP contribution in [0.25, 0.3) is 0 Å². The van der Waals surface area contributed by atoms with Gasteiger partial charge in [0.25, 0.3) is 11.8 Å². The molecule has 0 fully saturated rings. The average Bonchev–Trinajstić information content (AvgIpc) is 3.51. The van der Waals surface area contributed by atoms with Crippen LogP contribution in [0.5, 0.6) is 11.5 Å². The molecule has 43 heavy (non-hydrogen) atoms. The van der Waals surface area contributed by atoms with Crippen molar-refractivity contribution in [3.8, 4) is 11.5 Å². The molecule has 3 N–H and O–H groups in total. The van der Waals surface area contributed by atoms with E-state index in [0.717, 1.165) is 35.2 Å². The lowest BCUT2D eigenvalue weighted by atomic mass is 10.1. The molecule has 2 heterocycles. The zero-order valence-corrected chi connectivity index (χ0v) is 24.3. The number of nitrogens with one attached hydrogen (secondary N) is 1. The smallest absolute Gasteiger partial charge is 0.258 e. The molecule has 4 aromatic carbocycles. The number of carbonyl (C=O) groups is 2. The summed E-state index contributed by atoms with van der Waals surface area (Å²) in [7, 11) is 1.61. The number of aryl methyl sites for hydroxylation is 1. The van der Waals surface area contributed by atoms with Crippen molar-refractivity contribution in [3.63, 3.8) is 0 Å². The van der Waals surface area contributed by atoms with Gasteiger partial charge in [-0.15, -0.1) is 0 Å². The quantitative estimate of drug-likeness (QED) is 0.187. The highest BCUT2D eigenvalue weighted by Crippen LogP contribution is 2.37. The summed E-state index contributed by atoms with van der Waals surface area (Å²) in [6.45, 7) is 3.35. The summed E-state index contributed by atoms with van der Waals surface area (Å²) in [5.41, 5.74) is 12.1. The van der Waals surface area contributed by atoms with Crippen molar-refractivity contribution in [1.29, 1.82) is 5.41 Å². The van der Waals surface area contributed by atoms with E-state index in [1.165, 1.54) is 5.56 Å². The maximum atomic E-state index is 13.6. The van der Waals surface area contributed by atoms with Crippen LogP contribution in [0.3, 0.4) is 0 Å². The Morgan fingerprint density at radius 2 is 1.60 bits per heavy atom. The third-order valence-electron chi connectivity index (χ3n) is 8.12. The van der Waals surface area contributed by atoms with Crippen LogP contribution in [0.1, 0.15) is 61.9 Å². The fourth-order valence-corrected chi connectivity index (χ4v) is 5.75. The first-order valence-electron chi connectivity index (χ1n) is 14.4.